The molecule has 1 amide bonds. The molecule has 4 heteroatoms. The molecule has 4 nitrogen and oxygen atoms in total. The number of hydrogen-bond acceptors (Lipinski definition) is 3. The van der Waals surface area contributed by atoms with Crippen LogP contribution in [-0.4, -0.2) is 29.3 Å². The molecule has 2 saturated carbocycles. The Labute approximate surface area is 156 Å². The summed E-state index contributed by atoms with van der Waals surface area (Å²) in [5.41, 5.74) is 2.64. The maximum absolute atomic E-state index is 11.9. The van der Waals surface area contributed by atoms with Gasteiger partial charge in [-0.3, -0.25) is 4.79 Å². The van der Waals surface area contributed by atoms with Crippen molar-refractivity contribution in [2.45, 2.75) is 63.9 Å². The molecule has 1 aromatic rings. The van der Waals surface area contributed by atoms with Crippen LogP contribution in [0.3, 0.4) is 0 Å². The molecule has 0 spiro atoms. The van der Waals surface area contributed by atoms with Gasteiger partial charge in [0.2, 0.25) is 5.91 Å². The number of hydrogen-bond donors (Lipinski definition) is 3. The lowest BCUT2D eigenvalue weighted by Crippen LogP contribution is -2.48. The number of phenolic OH excluding ortho intramolecular Hbond substituents is 1. The van der Waals surface area contributed by atoms with Crippen LogP contribution in [0.2, 0.25) is 0 Å². The van der Waals surface area contributed by atoms with Gasteiger partial charge in [0.1, 0.15) is 5.75 Å². The van der Waals surface area contributed by atoms with Gasteiger partial charge in [0, 0.05) is 13.5 Å². The van der Waals surface area contributed by atoms with Crippen LogP contribution < -0.4 is 5.32 Å². The molecule has 2 fully saturated rings. The first-order valence-electron chi connectivity index (χ1n) is 10.1. The standard InChI is InChI=1S/C22H31NO3/c1-22-12-14(4-10-20(26)23-2)21-16-7-5-15(24)11-13(16)3-6-17(21)18(22)8-9-19(22)25/h5,7,11,14,17-19,21,24-25H,3-4,6,8-10,12H2,1-2H3,(H,23,26)/t14-,17-,18-,19?,21+,22-/m0/s1. The van der Waals surface area contributed by atoms with E-state index in [1.165, 1.54) is 11.1 Å². The van der Waals surface area contributed by atoms with E-state index in [-0.39, 0.29) is 17.4 Å². The van der Waals surface area contributed by atoms with E-state index in [2.05, 4.69) is 18.3 Å². The van der Waals surface area contributed by atoms with Crippen molar-refractivity contribution in [2.75, 3.05) is 7.05 Å². The number of carbonyl (C=O) groups is 1. The highest BCUT2D eigenvalue weighted by atomic mass is 16.3. The number of aryl methyl sites for hydroxylation is 1. The molecule has 3 N–H and O–H groups in total. The van der Waals surface area contributed by atoms with Gasteiger partial charge in [0.25, 0.3) is 0 Å². The molecule has 1 unspecified atom stereocenters. The fourth-order valence-corrected chi connectivity index (χ4v) is 6.57. The Morgan fingerprint density at radius 1 is 1.31 bits per heavy atom. The van der Waals surface area contributed by atoms with Crippen molar-refractivity contribution >= 4 is 5.91 Å². The Kier molecular flexibility index (Phi) is 4.50. The van der Waals surface area contributed by atoms with E-state index < -0.39 is 0 Å². The second-order valence-corrected chi connectivity index (χ2v) is 8.99. The predicted octanol–water partition coefficient (Wildman–Crippen LogP) is 3.36. The molecule has 3 aliphatic carbocycles. The average Bonchev–Trinajstić information content (AvgIpc) is 2.93. The van der Waals surface area contributed by atoms with Crippen LogP contribution >= 0.6 is 0 Å². The third-order valence-electron chi connectivity index (χ3n) is 7.80. The van der Waals surface area contributed by atoms with E-state index in [9.17, 15) is 15.0 Å². The summed E-state index contributed by atoms with van der Waals surface area (Å²) in [6.45, 7) is 2.28. The maximum Gasteiger partial charge on any atom is 0.219 e. The van der Waals surface area contributed by atoms with Gasteiger partial charge in [-0.2, -0.15) is 0 Å². The zero-order valence-electron chi connectivity index (χ0n) is 15.9. The Bertz CT molecular complexity index is 703. The summed E-state index contributed by atoms with van der Waals surface area (Å²) in [5, 5.41) is 23.4. The zero-order chi connectivity index (χ0) is 18.5. The second-order valence-electron chi connectivity index (χ2n) is 8.99. The van der Waals surface area contributed by atoms with Gasteiger partial charge in [-0.1, -0.05) is 13.0 Å². The van der Waals surface area contributed by atoms with Gasteiger partial charge < -0.3 is 15.5 Å². The number of aromatic hydroxyl groups is 1. The summed E-state index contributed by atoms with van der Waals surface area (Å²) in [7, 11) is 1.70. The average molecular weight is 357 g/mol. The van der Waals surface area contributed by atoms with Crippen LogP contribution in [0.1, 0.15) is 62.5 Å². The minimum Gasteiger partial charge on any atom is -0.508 e. The first-order chi connectivity index (χ1) is 12.4. The van der Waals surface area contributed by atoms with E-state index in [1.807, 2.05) is 12.1 Å². The molecule has 0 aromatic heterocycles. The molecule has 26 heavy (non-hydrogen) atoms. The molecule has 0 heterocycles. The molecule has 4 rings (SSSR count). The van der Waals surface area contributed by atoms with E-state index in [0.29, 0.717) is 35.8 Å². The van der Waals surface area contributed by atoms with Gasteiger partial charge in [0.15, 0.2) is 0 Å². The highest BCUT2D eigenvalue weighted by molar-refractivity contribution is 5.75. The van der Waals surface area contributed by atoms with Crippen molar-refractivity contribution in [3.63, 3.8) is 0 Å². The lowest BCUT2D eigenvalue weighted by atomic mass is 9.51. The summed E-state index contributed by atoms with van der Waals surface area (Å²) in [6, 6.07) is 5.86. The number of fused-ring (bicyclic) bond motifs is 5. The van der Waals surface area contributed by atoms with Gasteiger partial charge in [-0.05, 0) is 90.9 Å². The van der Waals surface area contributed by atoms with Crippen molar-refractivity contribution in [3.8, 4) is 5.75 Å². The number of benzene rings is 1. The van der Waals surface area contributed by atoms with Crippen molar-refractivity contribution in [1.29, 1.82) is 0 Å². The number of aliphatic hydroxyl groups excluding tert-OH is 1. The van der Waals surface area contributed by atoms with Gasteiger partial charge in [-0.15, -0.1) is 0 Å². The summed E-state index contributed by atoms with van der Waals surface area (Å²) < 4.78 is 0. The number of aliphatic hydroxyl groups is 1. The van der Waals surface area contributed by atoms with Crippen molar-refractivity contribution in [2.24, 2.45) is 23.2 Å². The highest BCUT2D eigenvalue weighted by Gasteiger charge is 2.57. The Morgan fingerprint density at radius 2 is 2.12 bits per heavy atom. The summed E-state index contributed by atoms with van der Waals surface area (Å²) >= 11 is 0. The second kappa shape index (κ2) is 6.56. The molecule has 0 radical (unpaired) electrons. The predicted molar refractivity (Wildman–Crippen MR) is 101 cm³/mol. The van der Waals surface area contributed by atoms with Gasteiger partial charge >= 0.3 is 0 Å². The van der Waals surface area contributed by atoms with Crippen LogP contribution in [0, 0.1) is 23.2 Å². The van der Waals surface area contributed by atoms with Crippen LogP contribution in [0.15, 0.2) is 18.2 Å². The van der Waals surface area contributed by atoms with Crippen LogP contribution in [0.4, 0.5) is 0 Å². The van der Waals surface area contributed by atoms with Crippen LogP contribution in [0.5, 0.6) is 5.75 Å². The maximum atomic E-state index is 11.9. The van der Waals surface area contributed by atoms with Crippen molar-refractivity contribution in [3.05, 3.63) is 29.3 Å². The molecule has 3 aliphatic rings. The van der Waals surface area contributed by atoms with E-state index in [1.54, 1.807) is 7.05 Å². The van der Waals surface area contributed by atoms with Crippen LogP contribution in [-0.2, 0) is 11.2 Å². The lowest BCUT2D eigenvalue weighted by molar-refractivity contribution is -0.121. The fourth-order valence-electron chi connectivity index (χ4n) is 6.57. The highest BCUT2D eigenvalue weighted by Crippen LogP contribution is 2.63. The first-order valence-corrected chi connectivity index (χ1v) is 10.1. The Balaban J connectivity index is 1.70. The smallest absolute Gasteiger partial charge is 0.219 e. The number of rotatable bonds is 3. The summed E-state index contributed by atoms with van der Waals surface area (Å²) in [6.07, 6.45) is 6.38. The molecule has 1 aromatic carbocycles. The monoisotopic (exact) mass is 357 g/mol. The Hall–Kier alpha value is -1.55. The largest absolute Gasteiger partial charge is 0.508 e. The van der Waals surface area contributed by atoms with E-state index >= 15 is 0 Å². The lowest BCUT2D eigenvalue weighted by Gasteiger charge is -2.54. The summed E-state index contributed by atoms with van der Waals surface area (Å²) in [4.78, 5) is 11.9. The third-order valence-corrected chi connectivity index (χ3v) is 7.80. The van der Waals surface area contributed by atoms with Gasteiger partial charge in [-0.25, -0.2) is 0 Å². The molecule has 142 valence electrons. The SMILES string of the molecule is CNC(=O)CC[C@H]1C[C@]2(C)C(O)CC[C@H]2[C@@H]2CCc3cc(O)ccc3[C@@H]12. The molecule has 0 saturated heterocycles. The third kappa shape index (κ3) is 2.74. The quantitative estimate of drug-likeness (QED) is 0.777. The van der Waals surface area contributed by atoms with Gasteiger partial charge in [0.05, 0.1) is 6.10 Å². The number of phenols is 1. The topological polar surface area (TPSA) is 69.6 Å². The van der Waals surface area contributed by atoms with E-state index in [0.717, 1.165) is 38.5 Å². The number of carbonyl (C=O) groups excluding carboxylic acids is 1. The molecule has 6 atom stereocenters. The van der Waals surface area contributed by atoms with Crippen molar-refractivity contribution < 1.29 is 15.0 Å². The minimum absolute atomic E-state index is 0.0110. The molecule has 0 aliphatic heterocycles. The van der Waals surface area contributed by atoms with E-state index in [4.69, 9.17) is 0 Å². The fraction of sp³-hybridized carbons (Fsp3) is 0.682. The molecular formula is C22H31NO3. The van der Waals surface area contributed by atoms with Crippen LogP contribution in [0.25, 0.3) is 0 Å². The molecular weight excluding hydrogens is 326 g/mol. The minimum atomic E-state index is -0.211. The number of nitrogens with one attached hydrogen (secondary N) is 1. The normalized spacial score (nSPS) is 38.2. The van der Waals surface area contributed by atoms with Crippen molar-refractivity contribution in [1.82, 2.24) is 5.32 Å². The number of amides is 1. The summed E-state index contributed by atoms with van der Waals surface area (Å²) in [5.74, 6) is 2.46. The first kappa shape index (κ1) is 17.8. The Morgan fingerprint density at radius 3 is 2.88 bits per heavy atom. The zero-order valence-corrected chi connectivity index (χ0v) is 15.9. The molecule has 0 bridgehead atoms.